The van der Waals surface area contributed by atoms with E-state index in [2.05, 4.69) is 29.1 Å². The summed E-state index contributed by atoms with van der Waals surface area (Å²) < 4.78 is 5.90. The summed E-state index contributed by atoms with van der Waals surface area (Å²) in [6.07, 6.45) is 7.56. The van der Waals surface area contributed by atoms with Crippen LogP contribution in [0.2, 0.25) is 0 Å². The molecule has 20 heavy (non-hydrogen) atoms. The van der Waals surface area contributed by atoms with Crippen LogP contribution in [0, 0.1) is 18.8 Å². The van der Waals surface area contributed by atoms with E-state index in [1.165, 1.54) is 19.3 Å². The van der Waals surface area contributed by atoms with Crippen molar-refractivity contribution in [2.75, 3.05) is 13.2 Å². The molecule has 0 spiro atoms. The van der Waals surface area contributed by atoms with E-state index in [0.717, 1.165) is 43.0 Å². The standard InChI is InChI=1S/C17H24N2O/c1-3-4-5-6-8-15-11-17(14(2)19-12-15)20-13-16-9-7-10-18-16/h11-12,16,18H,3-5,7,9-10,13H2,1-2H3/t16-/m0/s1. The number of ether oxygens (including phenoxy) is 1. The lowest BCUT2D eigenvalue weighted by molar-refractivity contribution is 0.274. The minimum Gasteiger partial charge on any atom is -0.490 e. The van der Waals surface area contributed by atoms with Crippen LogP contribution < -0.4 is 10.1 Å². The number of pyridine rings is 1. The highest BCUT2D eigenvalue weighted by molar-refractivity contribution is 5.40. The highest BCUT2D eigenvalue weighted by Crippen LogP contribution is 2.18. The Morgan fingerprint density at radius 1 is 1.50 bits per heavy atom. The van der Waals surface area contributed by atoms with Gasteiger partial charge in [0.2, 0.25) is 0 Å². The first-order valence-corrected chi connectivity index (χ1v) is 7.61. The number of aryl methyl sites for hydroxylation is 1. The van der Waals surface area contributed by atoms with Gasteiger partial charge in [-0.2, -0.15) is 0 Å². The summed E-state index contributed by atoms with van der Waals surface area (Å²) in [6, 6.07) is 2.49. The van der Waals surface area contributed by atoms with Gasteiger partial charge in [0, 0.05) is 24.2 Å². The lowest BCUT2D eigenvalue weighted by Crippen LogP contribution is -2.28. The molecular formula is C17H24N2O. The van der Waals surface area contributed by atoms with Gasteiger partial charge in [-0.05, 0) is 38.8 Å². The van der Waals surface area contributed by atoms with Crippen LogP contribution >= 0.6 is 0 Å². The fourth-order valence-electron chi connectivity index (χ4n) is 2.25. The fraction of sp³-hybridized carbons (Fsp3) is 0.588. The molecule has 3 nitrogen and oxygen atoms in total. The highest BCUT2D eigenvalue weighted by atomic mass is 16.5. The summed E-state index contributed by atoms with van der Waals surface area (Å²) in [7, 11) is 0. The molecule has 3 heteroatoms. The SMILES string of the molecule is CCCCC#Cc1cnc(C)c(OC[C@@H]2CCCN2)c1. The van der Waals surface area contributed by atoms with Gasteiger partial charge in [0.25, 0.3) is 0 Å². The molecule has 1 aromatic heterocycles. The number of unbranched alkanes of at least 4 members (excludes halogenated alkanes) is 2. The molecule has 2 heterocycles. The zero-order chi connectivity index (χ0) is 14.2. The maximum Gasteiger partial charge on any atom is 0.141 e. The van der Waals surface area contributed by atoms with Crippen molar-refractivity contribution in [3.8, 4) is 17.6 Å². The van der Waals surface area contributed by atoms with Crippen molar-refractivity contribution in [1.29, 1.82) is 0 Å². The van der Waals surface area contributed by atoms with Crippen LogP contribution in [-0.2, 0) is 0 Å². The molecule has 1 aromatic rings. The summed E-state index contributed by atoms with van der Waals surface area (Å²) in [4.78, 5) is 4.38. The van der Waals surface area contributed by atoms with E-state index < -0.39 is 0 Å². The summed E-state index contributed by atoms with van der Waals surface area (Å²) in [5, 5.41) is 3.44. The van der Waals surface area contributed by atoms with E-state index in [1.807, 2.05) is 19.2 Å². The van der Waals surface area contributed by atoms with Crippen molar-refractivity contribution in [2.45, 2.75) is 52.0 Å². The number of rotatable bonds is 5. The zero-order valence-corrected chi connectivity index (χ0v) is 12.5. The second-order valence-corrected chi connectivity index (χ2v) is 5.32. The molecule has 0 amide bonds. The average molecular weight is 272 g/mol. The lowest BCUT2D eigenvalue weighted by atomic mass is 10.2. The average Bonchev–Trinajstić information content (AvgIpc) is 2.97. The first-order chi connectivity index (χ1) is 9.79. The van der Waals surface area contributed by atoms with Gasteiger partial charge in [0.1, 0.15) is 12.4 Å². The van der Waals surface area contributed by atoms with Gasteiger partial charge in [0.05, 0.1) is 5.69 Å². The van der Waals surface area contributed by atoms with Gasteiger partial charge in [-0.15, -0.1) is 0 Å². The molecule has 1 fully saturated rings. The number of aromatic nitrogens is 1. The van der Waals surface area contributed by atoms with Crippen molar-refractivity contribution >= 4 is 0 Å². The van der Waals surface area contributed by atoms with Crippen molar-refractivity contribution in [3.63, 3.8) is 0 Å². The summed E-state index contributed by atoms with van der Waals surface area (Å²) in [5.41, 5.74) is 1.88. The van der Waals surface area contributed by atoms with Crippen molar-refractivity contribution < 1.29 is 4.74 Å². The van der Waals surface area contributed by atoms with Crippen LogP contribution in [0.15, 0.2) is 12.3 Å². The van der Waals surface area contributed by atoms with Gasteiger partial charge in [-0.1, -0.05) is 25.2 Å². The minimum atomic E-state index is 0.480. The third-order valence-electron chi connectivity index (χ3n) is 3.53. The van der Waals surface area contributed by atoms with E-state index in [0.29, 0.717) is 6.04 Å². The Balaban J connectivity index is 1.94. The maximum atomic E-state index is 5.90. The second kappa shape index (κ2) is 7.91. The summed E-state index contributed by atoms with van der Waals surface area (Å²) >= 11 is 0. The first kappa shape index (κ1) is 14.9. The Labute approximate surface area is 122 Å². The molecule has 1 atom stereocenters. The number of nitrogens with zero attached hydrogens (tertiary/aromatic N) is 1. The first-order valence-electron chi connectivity index (χ1n) is 7.61. The molecule has 1 aliphatic rings. The van der Waals surface area contributed by atoms with Gasteiger partial charge in [0.15, 0.2) is 0 Å². The lowest BCUT2D eigenvalue weighted by Gasteiger charge is -2.13. The molecule has 0 saturated carbocycles. The van der Waals surface area contributed by atoms with Gasteiger partial charge in [-0.25, -0.2) is 0 Å². The van der Waals surface area contributed by atoms with Crippen LogP contribution in [0.1, 0.15) is 50.3 Å². The number of nitrogens with one attached hydrogen (secondary N) is 1. The second-order valence-electron chi connectivity index (χ2n) is 5.32. The molecule has 2 rings (SSSR count). The van der Waals surface area contributed by atoms with Crippen molar-refractivity contribution in [2.24, 2.45) is 0 Å². The third-order valence-corrected chi connectivity index (χ3v) is 3.53. The molecule has 0 radical (unpaired) electrons. The molecule has 0 bridgehead atoms. The molecule has 108 valence electrons. The zero-order valence-electron chi connectivity index (χ0n) is 12.5. The van der Waals surface area contributed by atoms with Crippen molar-refractivity contribution in [1.82, 2.24) is 10.3 Å². The predicted octanol–water partition coefficient (Wildman–Crippen LogP) is 3.06. The van der Waals surface area contributed by atoms with Crippen LogP contribution in [-0.4, -0.2) is 24.2 Å². The van der Waals surface area contributed by atoms with E-state index in [-0.39, 0.29) is 0 Å². The molecule has 0 aliphatic carbocycles. The molecule has 1 aliphatic heterocycles. The van der Waals surface area contributed by atoms with Crippen LogP contribution in [0.4, 0.5) is 0 Å². The van der Waals surface area contributed by atoms with E-state index >= 15 is 0 Å². The molecule has 0 unspecified atom stereocenters. The fourth-order valence-corrected chi connectivity index (χ4v) is 2.25. The quantitative estimate of drug-likeness (QED) is 0.661. The molecular weight excluding hydrogens is 248 g/mol. The predicted molar refractivity (Wildman–Crippen MR) is 81.9 cm³/mol. The number of hydrogen-bond donors (Lipinski definition) is 1. The smallest absolute Gasteiger partial charge is 0.141 e. The van der Waals surface area contributed by atoms with Gasteiger partial charge >= 0.3 is 0 Å². The van der Waals surface area contributed by atoms with E-state index in [9.17, 15) is 0 Å². The van der Waals surface area contributed by atoms with E-state index in [4.69, 9.17) is 4.74 Å². The van der Waals surface area contributed by atoms with Crippen molar-refractivity contribution in [3.05, 3.63) is 23.5 Å². The Morgan fingerprint density at radius 2 is 2.40 bits per heavy atom. The Bertz CT molecular complexity index is 481. The topological polar surface area (TPSA) is 34.1 Å². The highest BCUT2D eigenvalue weighted by Gasteiger charge is 2.15. The Hall–Kier alpha value is -1.53. The van der Waals surface area contributed by atoms with Gasteiger partial charge < -0.3 is 10.1 Å². The van der Waals surface area contributed by atoms with Crippen LogP contribution in [0.25, 0.3) is 0 Å². The normalized spacial score (nSPS) is 17.6. The van der Waals surface area contributed by atoms with Gasteiger partial charge in [-0.3, -0.25) is 4.98 Å². The summed E-state index contributed by atoms with van der Waals surface area (Å²) in [5.74, 6) is 7.22. The Morgan fingerprint density at radius 3 is 3.15 bits per heavy atom. The minimum absolute atomic E-state index is 0.480. The molecule has 0 aromatic carbocycles. The Kier molecular flexibility index (Phi) is 5.88. The summed E-state index contributed by atoms with van der Waals surface area (Å²) in [6.45, 7) is 5.98. The van der Waals surface area contributed by atoms with Crippen LogP contribution in [0.5, 0.6) is 5.75 Å². The largest absolute Gasteiger partial charge is 0.490 e. The molecule has 1 N–H and O–H groups in total. The molecule has 1 saturated heterocycles. The third kappa shape index (κ3) is 4.54. The van der Waals surface area contributed by atoms with E-state index in [1.54, 1.807) is 0 Å². The number of hydrogen-bond acceptors (Lipinski definition) is 3. The van der Waals surface area contributed by atoms with Crippen LogP contribution in [0.3, 0.4) is 0 Å². The monoisotopic (exact) mass is 272 g/mol. The maximum absolute atomic E-state index is 5.90.